The second-order valence-corrected chi connectivity index (χ2v) is 8.10. The van der Waals surface area contributed by atoms with Gasteiger partial charge in [-0.15, -0.1) is 0 Å². The summed E-state index contributed by atoms with van der Waals surface area (Å²) in [6, 6.07) is 26.9. The number of hydrogen-bond acceptors (Lipinski definition) is 6. The molecule has 0 fully saturated rings. The van der Waals surface area contributed by atoms with E-state index in [9.17, 15) is 0 Å². The molecular weight excluding hydrogens is 400 g/mol. The molecule has 3 aromatic carbocycles. The lowest BCUT2D eigenvalue weighted by Crippen LogP contribution is -2.57. The highest BCUT2D eigenvalue weighted by Crippen LogP contribution is 2.34. The van der Waals surface area contributed by atoms with Crippen LogP contribution in [0.4, 0.5) is 5.95 Å². The van der Waals surface area contributed by atoms with Gasteiger partial charge < -0.3 is 10.1 Å². The third kappa shape index (κ3) is 3.18. The van der Waals surface area contributed by atoms with E-state index < -0.39 is 0 Å². The lowest BCUT2D eigenvalue weighted by molar-refractivity contribution is 0.264. The summed E-state index contributed by atoms with van der Waals surface area (Å²) in [4.78, 5) is 14.4. The van der Waals surface area contributed by atoms with E-state index in [2.05, 4.69) is 74.3 Å². The molecule has 0 saturated heterocycles. The predicted octanol–water partition coefficient (Wildman–Crippen LogP) is 3.79. The van der Waals surface area contributed by atoms with Crippen molar-refractivity contribution in [3.63, 3.8) is 0 Å². The van der Waals surface area contributed by atoms with E-state index in [1.165, 1.54) is 5.56 Å². The van der Waals surface area contributed by atoms with E-state index in [0.717, 1.165) is 47.5 Å². The van der Waals surface area contributed by atoms with Gasteiger partial charge in [0.2, 0.25) is 11.9 Å². The number of nitrogens with one attached hydrogen (secondary N) is 1. The number of anilines is 1. The molecule has 0 bridgehead atoms. The van der Waals surface area contributed by atoms with Gasteiger partial charge in [0.1, 0.15) is 11.9 Å². The first-order chi connectivity index (χ1) is 15.8. The molecule has 3 heterocycles. The van der Waals surface area contributed by atoms with Crippen molar-refractivity contribution in [3.8, 4) is 5.75 Å². The van der Waals surface area contributed by atoms with Gasteiger partial charge in [-0.3, -0.25) is 14.4 Å². The van der Waals surface area contributed by atoms with E-state index in [4.69, 9.17) is 14.7 Å². The van der Waals surface area contributed by atoms with Crippen LogP contribution in [0.5, 0.6) is 5.75 Å². The van der Waals surface area contributed by atoms with Crippen molar-refractivity contribution in [2.45, 2.75) is 12.7 Å². The number of imidazole rings is 1. The molecule has 2 aliphatic heterocycles. The zero-order valence-electron chi connectivity index (χ0n) is 17.8. The number of aliphatic imine (C=N–C) groups is 1. The van der Waals surface area contributed by atoms with E-state index in [-0.39, 0.29) is 6.17 Å². The number of fused-ring (bicyclic) bond motifs is 5. The van der Waals surface area contributed by atoms with E-state index in [1.807, 2.05) is 24.3 Å². The number of hydrogen-bond donors (Lipinski definition) is 1. The van der Waals surface area contributed by atoms with Crippen LogP contribution in [0.3, 0.4) is 0 Å². The minimum Gasteiger partial charge on any atom is -0.497 e. The molecule has 7 nitrogen and oxygen atoms in total. The molecule has 2 aliphatic rings. The van der Waals surface area contributed by atoms with Gasteiger partial charge in [0.25, 0.3) is 0 Å². The second kappa shape index (κ2) is 7.69. The molecule has 6 rings (SSSR count). The average molecular weight is 425 g/mol. The first-order valence-corrected chi connectivity index (χ1v) is 10.8. The average Bonchev–Trinajstić information content (AvgIpc) is 3.24. The molecule has 32 heavy (non-hydrogen) atoms. The first kappa shape index (κ1) is 18.9. The Morgan fingerprint density at radius 3 is 2.72 bits per heavy atom. The van der Waals surface area contributed by atoms with Crippen LogP contribution in [0.2, 0.25) is 0 Å². The number of para-hydroxylation sites is 2. The minimum atomic E-state index is -0.122. The Kier molecular flexibility index (Phi) is 4.54. The maximum absolute atomic E-state index is 5.48. The van der Waals surface area contributed by atoms with Crippen LogP contribution in [-0.4, -0.2) is 40.9 Å². The van der Waals surface area contributed by atoms with Crippen LogP contribution in [0, 0.1) is 0 Å². The summed E-state index contributed by atoms with van der Waals surface area (Å²) in [6.45, 7) is 2.20. The van der Waals surface area contributed by atoms with Gasteiger partial charge in [-0.2, -0.15) is 0 Å². The molecule has 4 aromatic rings. The smallest absolute Gasteiger partial charge is 0.216 e. The first-order valence-electron chi connectivity index (χ1n) is 10.8. The van der Waals surface area contributed by atoms with Crippen molar-refractivity contribution in [2.24, 2.45) is 4.99 Å². The number of rotatable bonds is 4. The largest absolute Gasteiger partial charge is 0.497 e. The summed E-state index contributed by atoms with van der Waals surface area (Å²) >= 11 is 0. The Hall–Kier alpha value is -3.84. The van der Waals surface area contributed by atoms with E-state index in [1.54, 1.807) is 7.11 Å². The van der Waals surface area contributed by atoms with Gasteiger partial charge in [0.05, 0.1) is 31.5 Å². The molecule has 0 unspecified atom stereocenters. The fraction of sp³-hybridized carbons (Fsp3) is 0.200. The maximum Gasteiger partial charge on any atom is 0.216 e. The maximum atomic E-state index is 5.48. The molecule has 0 radical (unpaired) electrons. The van der Waals surface area contributed by atoms with Crippen molar-refractivity contribution < 1.29 is 4.74 Å². The lowest BCUT2D eigenvalue weighted by atomic mass is 10.1. The molecule has 0 saturated carbocycles. The second-order valence-electron chi connectivity index (χ2n) is 8.10. The predicted molar refractivity (Wildman–Crippen MR) is 126 cm³/mol. The van der Waals surface area contributed by atoms with Gasteiger partial charge >= 0.3 is 0 Å². The molecular formula is C25H24N6O. The summed E-state index contributed by atoms with van der Waals surface area (Å²) in [7, 11) is 1.69. The van der Waals surface area contributed by atoms with Gasteiger partial charge in [-0.25, -0.2) is 9.98 Å². The molecule has 0 spiro atoms. The van der Waals surface area contributed by atoms with E-state index in [0.29, 0.717) is 6.67 Å². The zero-order valence-corrected chi connectivity index (χ0v) is 17.8. The topological polar surface area (TPSA) is 57.9 Å². The third-order valence-corrected chi connectivity index (χ3v) is 6.02. The number of methoxy groups -OCH3 is 1. The Balaban J connectivity index is 1.42. The Morgan fingerprint density at radius 1 is 1.00 bits per heavy atom. The van der Waals surface area contributed by atoms with Crippen LogP contribution >= 0.6 is 0 Å². The standard InChI is InChI=1S/C25H24N6O/c1-32-20-11-7-10-19(14-20)23-28-24-26-16-29(15-18-8-3-2-4-9-18)17-30(24)25-27-21-12-5-6-13-22(21)31(23)25/h2-14,23H,15-17H2,1H3,(H,26,28)/t23-/m0/s1. The number of guanidine groups is 1. The van der Waals surface area contributed by atoms with Crippen molar-refractivity contribution in [2.75, 3.05) is 25.3 Å². The molecule has 7 heteroatoms. The highest BCUT2D eigenvalue weighted by molar-refractivity contribution is 5.98. The Labute approximate surface area is 186 Å². The normalized spacial score (nSPS) is 18.0. The van der Waals surface area contributed by atoms with Crippen LogP contribution in [0.15, 0.2) is 83.9 Å². The van der Waals surface area contributed by atoms with Crippen molar-refractivity contribution in [1.82, 2.24) is 19.8 Å². The number of aromatic nitrogens is 2. The SMILES string of the molecule is COc1cccc([C@H]2NC3=NCN(Cc4ccccc4)CN3c3nc4ccccc4n32)c1. The summed E-state index contributed by atoms with van der Waals surface area (Å²) in [6.07, 6.45) is -0.122. The van der Waals surface area contributed by atoms with Crippen LogP contribution in [0.25, 0.3) is 11.0 Å². The number of benzene rings is 3. The number of nitrogens with zero attached hydrogens (tertiary/aromatic N) is 5. The van der Waals surface area contributed by atoms with E-state index >= 15 is 0 Å². The fourth-order valence-electron chi connectivity index (χ4n) is 4.49. The molecule has 0 aliphatic carbocycles. The molecule has 0 amide bonds. The van der Waals surface area contributed by atoms with Crippen LogP contribution < -0.4 is 15.0 Å². The Morgan fingerprint density at radius 2 is 1.84 bits per heavy atom. The highest BCUT2D eigenvalue weighted by atomic mass is 16.5. The fourth-order valence-corrected chi connectivity index (χ4v) is 4.49. The lowest BCUT2D eigenvalue weighted by Gasteiger charge is -2.41. The van der Waals surface area contributed by atoms with Crippen molar-refractivity contribution >= 4 is 22.9 Å². The summed E-state index contributed by atoms with van der Waals surface area (Å²) in [5.41, 5.74) is 4.43. The van der Waals surface area contributed by atoms with Crippen LogP contribution in [0.1, 0.15) is 17.3 Å². The minimum absolute atomic E-state index is 0.122. The van der Waals surface area contributed by atoms with Crippen molar-refractivity contribution in [1.29, 1.82) is 0 Å². The summed E-state index contributed by atoms with van der Waals surface area (Å²) in [5.74, 6) is 2.58. The van der Waals surface area contributed by atoms with Gasteiger partial charge in [-0.05, 0) is 35.4 Å². The van der Waals surface area contributed by atoms with Gasteiger partial charge in [0.15, 0.2) is 0 Å². The van der Waals surface area contributed by atoms with Crippen molar-refractivity contribution in [3.05, 3.63) is 90.0 Å². The number of ether oxygens (including phenoxy) is 1. The molecule has 1 aromatic heterocycles. The highest BCUT2D eigenvalue weighted by Gasteiger charge is 2.35. The van der Waals surface area contributed by atoms with Crippen LogP contribution in [-0.2, 0) is 6.54 Å². The monoisotopic (exact) mass is 424 g/mol. The third-order valence-electron chi connectivity index (χ3n) is 6.02. The summed E-state index contributed by atoms with van der Waals surface area (Å²) in [5, 5.41) is 3.66. The van der Waals surface area contributed by atoms with Gasteiger partial charge in [0, 0.05) is 6.54 Å². The van der Waals surface area contributed by atoms with Gasteiger partial charge in [-0.1, -0.05) is 54.6 Å². The Bertz CT molecular complexity index is 1300. The molecule has 1 atom stereocenters. The molecule has 1 N–H and O–H groups in total. The summed E-state index contributed by atoms with van der Waals surface area (Å²) < 4.78 is 7.74. The zero-order chi connectivity index (χ0) is 21.5. The molecule has 160 valence electrons. The quantitative estimate of drug-likeness (QED) is 0.540.